The fraction of sp³-hybridized carbons (Fsp3) is 0.370. The van der Waals surface area contributed by atoms with Crippen molar-refractivity contribution >= 4 is 40.3 Å². The number of amides is 2. The van der Waals surface area contributed by atoms with Gasteiger partial charge in [0.15, 0.2) is 5.82 Å². The lowest BCUT2D eigenvalue weighted by Crippen LogP contribution is -2.42. The van der Waals surface area contributed by atoms with Gasteiger partial charge in [-0.2, -0.15) is 5.10 Å². The van der Waals surface area contributed by atoms with Gasteiger partial charge in [0.2, 0.25) is 5.91 Å². The van der Waals surface area contributed by atoms with Crippen molar-refractivity contribution in [3.63, 3.8) is 0 Å². The molecule has 38 heavy (non-hydrogen) atoms. The molecule has 4 aromatic rings. The lowest BCUT2D eigenvalue weighted by molar-refractivity contribution is -0.121. The first-order valence-electron chi connectivity index (χ1n) is 12.6. The van der Waals surface area contributed by atoms with Gasteiger partial charge in [0.05, 0.1) is 5.02 Å². The number of hydrogen-bond acceptors (Lipinski definition) is 5. The van der Waals surface area contributed by atoms with Crippen LogP contribution < -0.4 is 10.6 Å². The average Bonchev–Trinajstić information content (AvgIpc) is 3.53. The Hall–Kier alpha value is -3.79. The topological polar surface area (TPSA) is 107 Å². The summed E-state index contributed by atoms with van der Waals surface area (Å²) in [6.45, 7) is 4.07. The van der Waals surface area contributed by atoms with Gasteiger partial charge in [0, 0.05) is 54.2 Å². The maximum absolute atomic E-state index is 15.1. The van der Waals surface area contributed by atoms with E-state index in [-0.39, 0.29) is 29.8 Å². The van der Waals surface area contributed by atoms with E-state index in [1.54, 1.807) is 24.0 Å². The van der Waals surface area contributed by atoms with Crippen LogP contribution in [0.5, 0.6) is 0 Å². The van der Waals surface area contributed by atoms with Crippen molar-refractivity contribution in [2.75, 3.05) is 5.32 Å². The molecule has 11 heteroatoms. The highest BCUT2D eigenvalue weighted by molar-refractivity contribution is 6.33. The Labute approximate surface area is 224 Å². The molecular weight excluding hydrogens is 509 g/mol. The number of halogens is 2. The van der Waals surface area contributed by atoms with Crippen molar-refractivity contribution in [1.29, 1.82) is 0 Å². The number of aryl methyl sites for hydroxylation is 1. The van der Waals surface area contributed by atoms with E-state index in [4.69, 9.17) is 11.6 Å². The fourth-order valence-corrected chi connectivity index (χ4v) is 5.47. The second-order valence-electron chi connectivity index (χ2n) is 10.0. The number of benzene rings is 1. The molecule has 1 aliphatic rings. The summed E-state index contributed by atoms with van der Waals surface area (Å²) in [5.41, 5.74) is 2.37. The number of anilines is 1. The van der Waals surface area contributed by atoms with E-state index in [0.29, 0.717) is 40.3 Å². The number of nitrogens with zero attached hydrogens (tertiary/aromatic N) is 5. The highest BCUT2D eigenvalue weighted by Crippen LogP contribution is 2.35. The van der Waals surface area contributed by atoms with Crippen LogP contribution in [0.4, 0.5) is 15.0 Å². The lowest BCUT2D eigenvalue weighted by atomic mass is 9.85. The number of carbonyl (C=O) groups excluding carboxylic acids is 2. The number of aromatic nitrogens is 5. The third-order valence-corrected chi connectivity index (χ3v) is 7.32. The predicted octanol–water partition coefficient (Wildman–Crippen LogP) is 5.50. The molecule has 3 aromatic heterocycles. The van der Waals surface area contributed by atoms with Gasteiger partial charge in [-0.1, -0.05) is 31.9 Å². The largest absolute Gasteiger partial charge is 0.335 e. The molecule has 0 bridgehead atoms. The second kappa shape index (κ2) is 10.5. The molecule has 1 fully saturated rings. The molecule has 198 valence electrons. The third-order valence-electron chi connectivity index (χ3n) is 7.01. The van der Waals surface area contributed by atoms with E-state index in [9.17, 15) is 9.59 Å². The minimum absolute atomic E-state index is 0.118. The summed E-state index contributed by atoms with van der Waals surface area (Å²) >= 11 is 6.47. The molecular formula is C27H29ClFN7O2. The smallest absolute Gasteiger partial charge is 0.327 e. The van der Waals surface area contributed by atoms with Crippen molar-refractivity contribution in [2.45, 2.75) is 51.5 Å². The molecule has 1 aliphatic carbocycles. The van der Waals surface area contributed by atoms with Crippen molar-refractivity contribution in [2.24, 2.45) is 13.0 Å². The molecule has 3 heterocycles. The van der Waals surface area contributed by atoms with Crippen LogP contribution in [0.3, 0.4) is 0 Å². The third kappa shape index (κ3) is 5.13. The van der Waals surface area contributed by atoms with E-state index in [0.717, 1.165) is 23.9 Å². The van der Waals surface area contributed by atoms with Gasteiger partial charge in [-0.15, -0.1) is 0 Å². The Kier molecular flexibility index (Phi) is 7.16. The average molecular weight is 538 g/mol. The minimum atomic E-state index is -0.440. The fourth-order valence-electron chi connectivity index (χ4n) is 5.26. The Bertz CT molecular complexity index is 1500. The van der Waals surface area contributed by atoms with Crippen molar-refractivity contribution in [3.8, 4) is 11.1 Å². The molecule has 1 aromatic carbocycles. The van der Waals surface area contributed by atoms with Crippen molar-refractivity contribution in [3.05, 3.63) is 59.7 Å². The molecule has 2 N–H and O–H groups in total. The van der Waals surface area contributed by atoms with Crippen LogP contribution in [0.25, 0.3) is 22.0 Å². The summed E-state index contributed by atoms with van der Waals surface area (Å²) in [5, 5.41) is 11.3. The standard InChI is InChI=1S/C27H29ClFN7O2/c1-15(2)25-20-10-17(11-22(29)24(20)34-35(25)3)19-12-23(31-13-21(19)28)33-26(37)16-5-4-6-18(9-16)32-27(38)36-8-7-30-14-36/h7-8,10-16,18H,4-6,9H2,1-3H3,(H,32,38)(H,31,33,37)/t16-,18+/m0/s1. The van der Waals surface area contributed by atoms with Gasteiger partial charge >= 0.3 is 6.03 Å². The van der Waals surface area contributed by atoms with Crippen LogP contribution in [0.15, 0.2) is 43.1 Å². The molecule has 1 saturated carbocycles. The molecule has 2 amide bonds. The SMILES string of the molecule is CC(C)c1c2cc(-c3cc(NC(=O)[C@H]4CCC[C@@H](NC(=O)n5ccnc5)C4)ncc3Cl)cc(F)c2nn1C. The van der Waals surface area contributed by atoms with Gasteiger partial charge in [-0.25, -0.2) is 19.2 Å². The van der Waals surface area contributed by atoms with E-state index in [2.05, 4.69) is 25.7 Å². The highest BCUT2D eigenvalue weighted by Gasteiger charge is 2.29. The van der Waals surface area contributed by atoms with Gasteiger partial charge in [-0.3, -0.25) is 14.0 Å². The zero-order chi connectivity index (χ0) is 27.0. The maximum atomic E-state index is 15.1. The Morgan fingerprint density at radius 3 is 2.76 bits per heavy atom. The zero-order valence-electron chi connectivity index (χ0n) is 21.4. The minimum Gasteiger partial charge on any atom is -0.335 e. The zero-order valence-corrected chi connectivity index (χ0v) is 22.2. The second-order valence-corrected chi connectivity index (χ2v) is 10.4. The summed E-state index contributed by atoms with van der Waals surface area (Å²) < 4.78 is 18.1. The van der Waals surface area contributed by atoms with Gasteiger partial charge in [0.1, 0.15) is 17.7 Å². The number of nitrogens with one attached hydrogen (secondary N) is 2. The number of hydrogen-bond donors (Lipinski definition) is 2. The first kappa shape index (κ1) is 25.8. The summed E-state index contributed by atoms with van der Waals surface area (Å²) in [7, 11) is 1.81. The Morgan fingerprint density at radius 1 is 1.21 bits per heavy atom. The number of imidazole rings is 1. The van der Waals surface area contributed by atoms with E-state index in [1.807, 2.05) is 19.9 Å². The van der Waals surface area contributed by atoms with Crippen molar-refractivity contribution < 1.29 is 14.0 Å². The first-order valence-corrected chi connectivity index (χ1v) is 13.0. The summed E-state index contributed by atoms with van der Waals surface area (Å²) in [6.07, 6.45) is 8.86. The number of carbonyl (C=O) groups is 2. The molecule has 5 rings (SSSR count). The number of rotatable bonds is 5. The van der Waals surface area contributed by atoms with Crippen LogP contribution in [-0.2, 0) is 11.8 Å². The molecule has 0 spiro atoms. The van der Waals surface area contributed by atoms with Gasteiger partial charge in [-0.05, 0) is 48.9 Å². The highest BCUT2D eigenvalue weighted by atomic mass is 35.5. The number of pyridine rings is 1. The lowest BCUT2D eigenvalue weighted by Gasteiger charge is -2.28. The predicted molar refractivity (Wildman–Crippen MR) is 144 cm³/mol. The first-order chi connectivity index (χ1) is 18.2. The van der Waals surface area contributed by atoms with Crippen LogP contribution in [0, 0.1) is 11.7 Å². The normalized spacial score (nSPS) is 17.6. The Balaban J connectivity index is 1.34. The van der Waals surface area contributed by atoms with Crippen LogP contribution in [0.2, 0.25) is 5.02 Å². The van der Waals surface area contributed by atoms with Crippen LogP contribution in [-0.4, -0.2) is 42.3 Å². The van der Waals surface area contributed by atoms with Crippen LogP contribution >= 0.6 is 11.6 Å². The summed E-state index contributed by atoms with van der Waals surface area (Å²) in [5.74, 6) is -0.426. The maximum Gasteiger partial charge on any atom is 0.327 e. The van der Waals surface area contributed by atoms with Gasteiger partial charge in [0.25, 0.3) is 0 Å². The monoisotopic (exact) mass is 537 g/mol. The summed E-state index contributed by atoms with van der Waals surface area (Å²) in [4.78, 5) is 33.7. The van der Waals surface area contributed by atoms with Crippen LogP contribution in [0.1, 0.15) is 51.1 Å². The van der Waals surface area contributed by atoms with Crippen molar-refractivity contribution in [1.82, 2.24) is 29.6 Å². The van der Waals surface area contributed by atoms with E-state index < -0.39 is 5.82 Å². The van der Waals surface area contributed by atoms with E-state index >= 15 is 4.39 Å². The molecule has 0 radical (unpaired) electrons. The quantitative estimate of drug-likeness (QED) is 0.349. The molecule has 9 nitrogen and oxygen atoms in total. The molecule has 0 unspecified atom stereocenters. The Morgan fingerprint density at radius 2 is 2.03 bits per heavy atom. The number of fused-ring (bicyclic) bond motifs is 1. The molecule has 2 atom stereocenters. The molecule has 0 saturated heterocycles. The van der Waals surface area contributed by atoms with Gasteiger partial charge < -0.3 is 10.6 Å². The molecule has 0 aliphatic heterocycles. The summed E-state index contributed by atoms with van der Waals surface area (Å²) in [6, 6.07) is 4.56. The van der Waals surface area contributed by atoms with E-state index in [1.165, 1.54) is 29.4 Å².